The summed E-state index contributed by atoms with van der Waals surface area (Å²) >= 11 is 5.40. The Morgan fingerprint density at radius 1 is 1.31 bits per heavy atom. The van der Waals surface area contributed by atoms with Crippen LogP contribution in [-0.4, -0.2) is 97.7 Å². The first kappa shape index (κ1) is 25.3. The van der Waals surface area contributed by atoms with Gasteiger partial charge in [0.05, 0.1) is 16.6 Å². The molecule has 32 heavy (non-hydrogen) atoms. The largest absolute Gasteiger partial charge is 0.396 e. The number of thioether (sulfide) groups is 1. The third-order valence-corrected chi connectivity index (χ3v) is 10.1. The predicted molar refractivity (Wildman–Crippen MR) is 131 cm³/mol. The molecule has 3 aliphatic rings. The van der Waals surface area contributed by atoms with Gasteiger partial charge in [0, 0.05) is 49.4 Å². The van der Waals surface area contributed by atoms with Crippen LogP contribution in [0.25, 0.3) is 0 Å². The number of aliphatic hydroxyl groups is 1. The number of aliphatic hydroxyl groups excluding tert-OH is 1. The summed E-state index contributed by atoms with van der Waals surface area (Å²) in [6, 6.07) is -0.711. The SMILES string of the molecule is C=CCN(C)C(=O)[C@H]1[C@@H]2SC3(CC2Br)C(C(=O)N(CC=C)C(C)C)N(CCCO)C(=O)[C@H]13. The minimum atomic E-state index is -0.661. The Morgan fingerprint density at radius 3 is 2.53 bits per heavy atom. The number of hydrogen-bond acceptors (Lipinski definition) is 5. The smallest absolute Gasteiger partial charge is 0.247 e. The van der Waals surface area contributed by atoms with Crippen molar-refractivity contribution in [2.24, 2.45) is 11.8 Å². The maximum Gasteiger partial charge on any atom is 0.247 e. The molecule has 0 aromatic heterocycles. The molecule has 1 spiro atoms. The van der Waals surface area contributed by atoms with Gasteiger partial charge in [0.2, 0.25) is 17.7 Å². The Balaban J connectivity index is 2.06. The molecular formula is C23H34BrN3O4S. The van der Waals surface area contributed by atoms with Crippen molar-refractivity contribution < 1.29 is 19.5 Å². The maximum absolute atomic E-state index is 13.9. The molecule has 3 heterocycles. The molecule has 3 aliphatic heterocycles. The lowest BCUT2D eigenvalue weighted by Gasteiger charge is -2.39. The highest BCUT2D eigenvalue weighted by molar-refractivity contribution is 9.09. The normalized spacial score (nSPS) is 32.9. The van der Waals surface area contributed by atoms with E-state index >= 15 is 0 Å². The van der Waals surface area contributed by atoms with Gasteiger partial charge >= 0.3 is 0 Å². The highest BCUT2D eigenvalue weighted by Gasteiger charge is 2.75. The van der Waals surface area contributed by atoms with Crippen LogP contribution in [0.3, 0.4) is 0 Å². The molecule has 0 aromatic rings. The molecule has 7 nitrogen and oxygen atoms in total. The zero-order valence-corrected chi connectivity index (χ0v) is 21.5. The van der Waals surface area contributed by atoms with Crippen LogP contribution in [0.1, 0.15) is 26.7 Å². The van der Waals surface area contributed by atoms with Crippen molar-refractivity contribution in [1.29, 1.82) is 0 Å². The fraction of sp³-hybridized carbons (Fsp3) is 0.696. The van der Waals surface area contributed by atoms with E-state index < -0.39 is 22.6 Å². The zero-order valence-electron chi connectivity index (χ0n) is 19.1. The van der Waals surface area contributed by atoms with Crippen LogP contribution < -0.4 is 0 Å². The summed E-state index contributed by atoms with van der Waals surface area (Å²) in [7, 11) is 1.73. The molecule has 0 radical (unpaired) electrons. The average molecular weight is 529 g/mol. The van der Waals surface area contributed by atoms with Crippen LogP contribution in [0.4, 0.5) is 0 Å². The molecule has 0 aromatic carbocycles. The number of likely N-dealkylation sites (N-methyl/N-ethyl adjacent to an activating group) is 1. The first-order chi connectivity index (χ1) is 15.2. The van der Waals surface area contributed by atoms with E-state index in [1.807, 2.05) is 13.8 Å². The van der Waals surface area contributed by atoms with Gasteiger partial charge in [-0.3, -0.25) is 14.4 Å². The molecule has 3 amide bonds. The van der Waals surface area contributed by atoms with E-state index in [9.17, 15) is 19.5 Å². The van der Waals surface area contributed by atoms with Gasteiger partial charge < -0.3 is 19.8 Å². The Bertz CT molecular complexity index is 793. The summed E-state index contributed by atoms with van der Waals surface area (Å²) in [6.45, 7) is 12.5. The number of amides is 3. The van der Waals surface area contributed by atoms with Gasteiger partial charge in [-0.15, -0.1) is 24.9 Å². The number of halogens is 1. The van der Waals surface area contributed by atoms with Gasteiger partial charge in [-0.1, -0.05) is 28.1 Å². The molecule has 2 bridgehead atoms. The van der Waals surface area contributed by atoms with Gasteiger partial charge in [-0.2, -0.15) is 0 Å². The Kier molecular flexibility index (Phi) is 7.82. The van der Waals surface area contributed by atoms with Gasteiger partial charge in [0.25, 0.3) is 0 Å². The summed E-state index contributed by atoms with van der Waals surface area (Å²) in [5, 5.41) is 9.37. The Labute approximate surface area is 203 Å². The molecular weight excluding hydrogens is 494 g/mol. The minimum absolute atomic E-state index is 0.0441. The van der Waals surface area contributed by atoms with Crippen molar-refractivity contribution in [2.75, 3.05) is 33.3 Å². The van der Waals surface area contributed by atoms with Crippen molar-refractivity contribution in [1.82, 2.24) is 14.7 Å². The predicted octanol–water partition coefficient (Wildman–Crippen LogP) is 1.90. The first-order valence-corrected chi connectivity index (χ1v) is 13.0. The number of rotatable bonds is 10. The maximum atomic E-state index is 13.9. The van der Waals surface area contributed by atoms with Crippen molar-refractivity contribution in [3.05, 3.63) is 25.3 Å². The Hall–Kier alpha value is -1.32. The second kappa shape index (κ2) is 9.89. The van der Waals surface area contributed by atoms with Crippen LogP contribution >= 0.6 is 27.7 Å². The minimum Gasteiger partial charge on any atom is -0.396 e. The second-order valence-electron chi connectivity index (χ2n) is 9.15. The summed E-state index contributed by atoms with van der Waals surface area (Å²) < 4.78 is -0.661. The summed E-state index contributed by atoms with van der Waals surface area (Å²) in [5.74, 6) is -1.35. The van der Waals surface area contributed by atoms with E-state index in [0.717, 1.165) is 0 Å². The van der Waals surface area contributed by atoms with Crippen molar-refractivity contribution in [3.63, 3.8) is 0 Å². The molecule has 3 rings (SSSR count). The molecule has 3 fully saturated rings. The number of fused-ring (bicyclic) bond motifs is 1. The van der Waals surface area contributed by atoms with E-state index in [4.69, 9.17) is 0 Å². The van der Waals surface area contributed by atoms with E-state index in [1.165, 1.54) is 0 Å². The van der Waals surface area contributed by atoms with Crippen LogP contribution in [0.15, 0.2) is 25.3 Å². The topological polar surface area (TPSA) is 81.2 Å². The van der Waals surface area contributed by atoms with Gasteiger partial charge in [-0.25, -0.2) is 0 Å². The van der Waals surface area contributed by atoms with Crippen molar-refractivity contribution in [3.8, 4) is 0 Å². The lowest BCUT2D eigenvalue weighted by molar-refractivity contribution is -0.144. The lowest BCUT2D eigenvalue weighted by atomic mass is 9.70. The quantitative estimate of drug-likeness (QED) is 0.346. The number of hydrogen-bond donors (Lipinski definition) is 1. The monoisotopic (exact) mass is 527 g/mol. The summed E-state index contributed by atoms with van der Waals surface area (Å²) in [5.41, 5.74) is 0. The standard InChI is InChI=1S/C23H34BrN3O4S/c1-6-9-25(5)20(29)16-17-21(30)27(11-8-12-28)19(22(31)26(10-7-2)14(3)4)23(17)13-15(24)18(16)32-23/h6-7,14-19,28H,1-2,8-13H2,3-5H3/t15?,16-,17+,18-,19?,23?/m1/s1. The molecule has 6 atom stereocenters. The van der Waals surface area contributed by atoms with Crippen molar-refractivity contribution >= 4 is 45.4 Å². The lowest BCUT2D eigenvalue weighted by Crippen LogP contribution is -2.57. The highest BCUT2D eigenvalue weighted by Crippen LogP contribution is 2.68. The summed E-state index contributed by atoms with van der Waals surface area (Å²) in [6.07, 6.45) is 4.42. The van der Waals surface area contributed by atoms with Crippen LogP contribution in [0.2, 0.25) is 0 Å². The van der Waals surface area contributed by atoms with E-state index in [0.29, 0.717) is 32.5 Å². The molecule has 3 saturated heterocycles. The number of nitrogens with zero attached hydrogens (tertiary/aromatic N) is 3. The molecule has 1 N–H and O–H groups in total. The molecule has 9 heteroatoms. The fourth-order valence-electron chi connectivity index (χ4n) is 5.56. The first-order valence-electron chi connectivity index (χ1n) is 11.2. The molecule has 0 saturated carbocycles. The summed E-state index contributed by atoms with van der Waals surface area (Å²) in [4.78, 5) is 46.2. The second-order valence-corrected chi connectivity index (χ2v) is 11.9. The zero-order chi connectivity index (χ0) is 23.8. The van der Waals surface area contributed by atoms with Gasteiger partial charge in [-0.05, 0) is 26.7 Å². The third-order valence-electron chi connectivity index (χ3n) is 6.88. The number of carbonyl (C=O) groups is 3. The van der Waals surface area contributed by atoms with Gasteiger partial charge in [0.1, 0.15) is 6.04 Å². The highest BCUT2D eigenvalue weighted by atomic mass is 79.9. The molecule has 3 unspecified atom stereocenters. The van der Waals surface area contributed by atoms with Crippen LogP contribution in [0, 0.1) is 11.8 Å². The number of likely N-dealkylation sites (tertiary alicyclic amines) is 1. The third kappa shape index (κ3) is 3.94. The van der Waals surface area contributed by atoms with Gasteiger partial charge in [0.15, 0.2) is 0 Å². The van der Waals surface area contributed by atoms with Crippen molar-refractivity contribution in [2.45, 2.75) is 53.6 Å². The van der Waals surface area contributed by atoms with E-state index in [1.54, 1.807) is 45.7 Å². The van der Waals surface area contributed by atoms with E-state index in [-0.39, 0.29) is 40.4 Å². The molecule has 0 aliphatic carbocycles. The van der Waals surface area contributed by atoms with Crippen LogP contribution in [0.5, 0.6) is 0 Å². The van der Waals surface area contributed by atoms with E-state index in [2.05, 4.69) is 29.1 Å². The average Bonchev–Trinajstić information content (AvgIpc) is 3.33. The Morgan fingerprint density at radius 2 is 1.97 bits per heavy atom. The number of carbonyl (C=O) groups excluding carboxylic acids is 3. The van der Waals surface area contributed by atoms with Crippen LogP contribution in [-0.2, 0) is 14.4 Å². The fourth-order valence-corrected chi connectivity index (χ4v) is 9.16. The molecule has 178 valence electrons. The number of alkyl halides is 1.